The summed E-state index contributed by atoms with van der Waals surface area (Å²) in [6.45, 7) is 9.31. The van der Waals surface area contributed by atoms with Gasteiger partial charge in [-0.2, -0.15) is 0 Å². The number of benzene rings is 1. The van der Waals surface area contributed by atoms with E-state index in [0.717, 1.165) is 61.7 Å². The third kappa shape index (κ3) is 3.51. The summed E-state index contributed by atoms with van der Waals surface area (Å²) in [6.07, 6.45) is 1.90. The number of hydrogen-bond acceptors (Lipinski definition) is 5. The molecule has 2 saturated heterocycles. The summed E-state index contributed by atoms with van der Waals surface area (Å²) >= 11 is 0. The van der Waals surface area contributed by atoms with Crippen molar-refractivity contribution >= 4 is 11.7 Å². The number of rotatable bonds is 2. The number of aryl methyl sites for hydroxylation is 3. The Morgan fingerprint density at radius 1 is 1.21 bits per heavy atom. The highest BCUT2D eigenvalue weighted by Gasteiger charge is 2.50. The predicted molar refractivity (Wildman–Crippen MR) is 107 cm³/mol. The first-order valence-electron chi connectivity index (χ1n) is 9.98. The number of carbonyl (C=O) groups excluding carboxylic acids is 1. The van der Waals surface area contributed by atoms with Gasteiger partial charge in [0.25, 0.3) is 0 Å². The van der Waals surface area contributed by atoms with Crippen LogP contribution in [-0.4, -0.2) is 59.3 Å². The Kier molecular flexibility index (Phi) is 4.87. The maximum Gasteiger partial charge on any atom is 0.321 e. The molecule has 7 nitrogen and oxygen atoms in total. The van der Waals surface area contributed by atoms with Gasteiger partial charge in [-0.25, -0.2) is 4.79 Å². The molecule has 2 aliphatic rings. The number of aromatic nitrogens is 2. The first-order chi connectivity index (χ1) is 13.4. The van der Waals surface area contributed by atoms with Crippen LogP contribution < -0.4 is 5.32 Å². The quantitative estimate of drug-likeness (QED) is 0.861. The first kappa shape index (κ1) is 18.9. The molecule has 4 rings (SSSR count). The van der Waals surface area contributed by atoms with E-state index < -0.39 is 0 Å². The lowest BCUT2D eigenvalue weighted by Gasteiger charge is -2.41. The number of nitrogens with one attached hydrogen (secondary N) is 1. The Morgan fingerprint density at radius 2 is 1.96 bits per heavy atom. The molecule has 1 aromatic heterocycles. The maximum atomic E-state index is 12.8. The number of piperidine rings is 1. The lowest BCUT2D eigenvalue weighted by atomic mass is 9.71. The van der Waals surface area contributed by atoms with Gasteiger partial charge in [-0.05, 0) is 56.3 Å². The van der Waals surface area contributed by atoms with E-state index in [-0.39, 0.29) is 17.4 Å². The second kappa shape index (κ2) is 7.20. The minimum Gasteiger partial charge on any atom is -0.425 e. The summed E-state index contributed by atoms with van der Waals surface area (Å²) in [7, 11) is 2.14. The highest BCUT2D eigenvalue weighted by atomic mass is 16.4. The molecule has 0 radical (unpaired) electrons. The van der Waals surface area contributed by atoms with Gasteiger partial charge in [-0.15, -0.1) is 10.2 Å². The number of urea groups is 1. The predicted octanol–water partition coefficient (Wildman–Crippen LogP) is 3.34. The van der Waals surface area contributed by atoms with E-state index in [0.29, 0.717) is 5.89 Å². The average molecular weight is 383 g/mol. The van der Waals surface area contributed by atoms with E-state index in [4.69, 9.17) is 4.42 Å². The van der Waals surface area contributed by atoms with Crippen LogP contribution in [-0.2, 0) is 0 Å². The molecule has 2 amide bonds. The molecule has 3 heterocycles. The van der Waals surface area contributed by atoms with Gasteiger partial charge in [0.1, 0.15) is 0 Å². The zero-order valence-corrected chi connectivity index (χ0v) is 17.2. The standard InChI is InChI=1S/C21H29N5O2/c1-14-5-6-15(2)18(11-14)22-20(27)26-9-7-21(8-10-26)13-25(4)12-17(21)19-24-23-16(3)28-19/h5-6,11,17H,7-10,12-13H2,1-4H3,(H,22,27). The van der Waals surface area contributed by atoms with Gasteiger partial charge in [-0.3, -0.25) is 0 Å². The molecule has 0 bridgehead atoms. The summed E-state index contributed by atoms with van der Waals surface area (Å²) < 4.78 is 5.78. The van der Waals surface area contributed by atoms with Gasteiger partial charge in [0.05, 0.1) is 5.92 Å². The number of nitrogens with zero attached hydrogens (tertiary/aromatic N) is 4. The number of likely N-dealkylation sites (N-methyl/N-ethyl adjacent to an activating group) is 1. The number of hydrogen-bond donors (Lipinski definition) is 1. The van der Waals surface area contributed by atoms with Crippen molar-refractivity contribution in [3.63, 3.8) is 0 Å². The third-order valence-corrected chi connectivity index (χ3v) is 6.34. The van der Waals surface area contributed by atoms with E-state index in [1.54, 1.807) is 0 Å². The summed E-state index contributed by atoms with van der Waals surface area (Å²) in [6, 6.07) is 6.12. The Morgan fingerprint density at radius 3 is 2.64 bits per heavy atom. The van der Waals surface area contributed by atoms with Crippen molar-refractivity contribution in [3.05, 3.63) is 41.1 Å². The molecule has 2 fully saturated rings. The molecule has 0 saturated carbocycles. The topological polar surface area (TPSA) is 74.5 Å². The molecular formula is C21H29N5O2. The highest BCUT2D eigenvalue weighted by Crippen LogP contribution is 2.49. The molecular weight excluding hydrogens is 354 g/mol. The lowest BCUT2D eigenvalue weighted by molar-refractivity contribution is 0.110. The molecule has 1 unspecified atom stereocenters. The van der Waals surface area contributed by atoms with Crippen LogP contribution in [0.5, 0.6) is 0 Å². The molecule has 1 spiro atoms. The Hall–Kier alpha value is -2.41. The fraction of sp³-hybridized carbons (Fsp3) is 0.571. The first-order valence-corrected chi connectivity index (χ1v) is 9.98. The SMILES string of the molecule is Cc1ccc(C)c(NC(=O)N2CCC3(CC2)CN(C)CC3c2nnc(C)o2)c1. The van der Waals surface area contributed by atoms with Crippen molar-refractivity contribution in [2.75, 3.05) is 38.5 Å². The maximum absolute atomic E-state index is 12.8. The molecule has 28 heavy (non-hydrogen) atoms. The van der Waals surface area contributed by atoms with Crippen LogP contribution in [0.4, 0.5) is 10.5 Å². The van der Waals surface area contributed by atoms with Crippen molar-refractivity contribution in [1.82, 2.24) is 20.0 Å². The Balaban J connectivity index is 1.44. The van der Waals surface area contributed by atoms with Gasteiger partial charge in [0.15, 0.2) is 0 Å². The zero-order valence-electron chi connectivity index (χ0n) is 17.2. The van der Waals surface area contributed by atoms with Crippen molar-refractivity contribution in [1.29, 1.82) is 0 Å². The Bertz CT molecular complexity index is 869. The van der Waals surface area contributed by atoms with E-state index in [1.807, 2.05) is 37.8 Å². The van der Waals surface area contributed by atoms with Gasteiger partial charge < -0.3 is 19.5 Å². The second-order valence-electron chi connectivity index (χ2n) is 8.51. The molecule has 150 valence electrons. The van der Waals surface area contributed by atoms with E-state index in [2.05, 4.69) is 33.5 Å². The van der Waals surface area contributed by atoms with Gasteiger partial charge in [-0.1, -0.05) is 12.1 Å². The van der Waals surface area contributed by atoms with Gasteiger partial charge in [0, 0.05) is 38.8 Å². The fourth-order valence-corrected chi connectivity index (χ4v) is 4.74. The van der Waals surface area contributed by atoms with Crippen LogP contribution in [0.3, 0.4) is 0 Å². The summed E-state index contributed by atoms with van der Waals surface area (Å²) in [5.41, 5.74) is 3.22. The van der Waals surface area contributed by atoms with E-state index in [9.17, 15) is 4.79 Å². The smallest absolute Gasteiger partial charge is 0.321 e. The summed E-state index contributed by atoms with van der Waals surface area (Å²) in [4.78, 5) is 17.1. The van der Waals surface area contributed by atoms with Crippen LogP contribution in [0, 0.1) is 26.2 Å². The fourth-order valence-electron chi connectivity index (χ4n) is 4.74. The zero-order chi connectivity index (χ0) is 19.9. The summed E-state index contributed by atoms with van der Waals surface area (Å²) in [5.74, 6) is 1.60. The van der Waals surface area contributed by atoms with E-state index in [1.165, 1.54) is 0 Å². The monoisotopic (exact) mass is 383 g/mol. The average Bonchev–Trinajstić information content (AvgIpc) is 3.22. The van der Waals surface area contributed by atoms with Crippen LogP contribution in [0.1, 0.15) is 41.7 Å². The molecule has 0 aliphatic carbocycles. The van der Waals surface area contributed by atoms with Gasteiger partial charge in [0.2, 0.25) is 11.8 Å². The number of anilines is 1. The molecule has 7 heteroatoms. The second-order valence-corrected chi connectivity index (χ2v) is 8.51. The molecule has 1 aromatic carbocycles. The molecule has 2 aliphatic heterocycles. The minimum absolute atomic E-state index is 0.0138. The van der Waals surface area contributed by atoms with Crippen LogP contribution in [0.15, 0.2) is 22.6 Å². The van der Waals surface area contributed by atoms with Crippen molar-refractivity contribution < 1.29 is 9.21 Å². The van der Waals surface area contributed by atoms with Crippen molar-refractivity contribution in [2.24, 2.45) is 5.41 Å². The van der Waals surface area contributed by atoms with Crippen molar-refractivity contribution in [3.8, 4) is 0 Å². The number of carbonyl (C=O) groups is 1. The summed E-state index contributed by atoms with van der Waals surface area (Å²) in [5, 5.41) is 11.4. The van der Waals surface area contributed by atoms with Crippen molar-refractivity contribution in [2.45, 2.75) is 39.5 Å². The van der Waals surface area contributed by atoms with Crippen LogP contribution in [0.25, 0.3) is 0 Å². The minimum atomic E-state index is -0.0138. The number of amides is 2. The molecule has 2 aromatic rings. The van der Waals surface area contributed by atoms with Crippen LogP contribution in [0.2, 0.25) is 0 Å². The highest BCUT2D eigenvalue weighted by molar-refractivity contribution is 5.90. The molecule has 1 N–H and O–H groups in total. The normalized spacial score (nSPS) is 22.0. The Labute approximate surface area is 166 Å². The molecule has 1 atom stereocenters. The van der Waals surface area contributed by atoms with Crippen LogP contribution >= 0.6 is 0 Å². The largest absolute Gasteiger partial charge is 0.425 e. The van der Waals surface area contributed by atoms with Gasteiger partial charge >= 0.3 is 6.03 Å². The lowest BCUT2D eigenvalue weighted by Crippen LogP contribution is -2.47. The van der Waals surface area contributed by atoms with E-state index >= 15 is 0 Å². The number of likely N-dealkylation sites (tertiary alicyclic amines) is 2. The third-order valence-electron chi connectivity index (χ3n) is 6.34.